The normalized spacial score (nSPS) is 9.64. The van der Waals surface area contributed by atoms with Gasteiger partial charge in [0, 0.05) is 62.3 Å². The Bertz CT molecular complexity index is 1220. The first-order chi connectivity index (χ1) is 20.7. The fourth-order valence-corrected chi connectivity index (χ4v) is 3.37. The molecule has 0 unspecified atom stereocenters. The van der Waals surface area contributed by atoms with Crippen LogP contribution in [0.5, 0.6) is 17.2 Å². The standard InChI is InChI=1S/C11H16N2O2.2C10H14N2O2.Fe/c1-3-4-7-13(2)11(15)9-5-6-12-8-10(9)14;2*1-2-3-5-12-10(14)8-4-6-11-7-9(8)13;/h5-6,8,14H,3-4,7H2,1-2H3;2*4,6-7,13H,2-3,5H2,1H3,(H,12,14);. The van der Waals surface area contributed by atoms with Gasteiger partial charge >= 0.3 is 0 Å². The van der Waals surface area contributed by atoms with Crippen LogP contribution in [-0.4, -0.2) is 79.6 Å². The molecule has 0 fully saturated rings. The Morgan fingerprint density at radius 3 is 1.36 bits per heavy atom. The number of nitrogens with one attached hydrogen (secondary N) is 2. The summed E-state index contributed by atoms with van der Waals surface area (Å²) in [7, 11) is 1.73. The van der Waals surface area contributed by atoms with Crippen molar-refractivity contribution in [2.45, 2.75) is 59.3 Å². The van der Waals surface area contributed by atoms with Gasteiger partial charge in [0.25, 0.3) is 17.7 Å². The van der Waals surface area contributed by atoms with Crippen molar-refractivity contribution < 1.29 is 46.8 Å². The molecule has 3 heterocycles. The van der Waals surface area contributed by atoms with Crippen LogP contribution in [0.2, 0.25) is 0 Å². The Hall–Kier alpha value is -4.22. The molecule has 3 aromatic heterocycles. The zero-order valence-corrected chi connectivity index (χ0v) is 26.9. The molecule has 44 heavy (non-hydrogen) atoms. The molecule has 3 rings (SSSR count). The largest absolute Gasteiger partial charge is 0.505 e. The monoisotopic (exact) mass is 652 g/mol. The molecule has 0 aromatic carbocycles. The average Bonchev–Trinajstić information content (AvgIpc) is 3.01. The van der Waals surface area contributed by atoms with Gasteiger partial charge in [-0.2, -0.15) is 0 Å². The van der Waals surface area contributed by atoms with E-state index in [9.17, 15) is 29.7 Å². The average molecular weight is 653 g/mol. The number of carbonyl (C=O) groups excluding carboxylic acids is 3. The van der Waals surface area contributed by atoms with Crippen LogP contribution in [0.15, 0.2) is 55.4 Å². The van der Waals surface area contributed by atoms with Gasteiger partial charge in [-0.15, -0.1) is 0 Å². The number of aromatic nitrogens is 3. The summed E-state index contributed by atoms with van der Waals surface area (Å²) >= 11 is 0. The third kappa shape index (κ3) is 14.8. The Morgan fingerprint density at radius 1 is 0.659 bits per heavy atom. The van der Waals surface area contributed by atoms with E-state index in [0.29, 0.717) is 25.2 Å². The van der Waals surface area contributed by atoms with E-state index in [1.54, 1.807) is 11.9 Å². The molecule has 3 amide bonds. The SMILES string of the molecule is CCCCN(C)C(=O)c1ccncc1O.CCCCNC(=O)c1ccncc1O.CCCCNC(=O)c1ccncc1O.[Fe]. The summed E-state index contributed by atoms with van der Waals surface area (Å²) in [5, 5.41) is 33.5. The van der Waals surface area contributed by atoms with E-state index in [2.05, 4.69) is 46.4 Å². The smallest absolute Gasteiger partial charge is 0.257 e. The van der Waals surface area contributed by atoms with Crippen molar-refractivity contribution in [2.24, 2.45) is 0 Å². The van der Waals surface area contributed by atoms with Crippen molar-refractivity contribution in [1.29, 1.82) is 0 Å². The number of aromatic hydroxyl groups is 3. The van der Waals surface area contributed by atoms with Crippen LogP contribution in [0, 0.1) is 0 Å². The van der Waals surface area contributed by atoms with Gasteiger partial charge in [-0.25, -0.2) is 0 Å². The van der Waals surface area contributed by atoms with Crippen LogP contribution >= 0.6 is 0 Å². The van der Waals surface area contributed by atoms with Gasteiger partial charge in [-0.05, 0) is 37.5 Å². The second-order valence-corrected chi connectivity index (χ2v) is 9.48. The van der Waals surface area contributed by atoms with Crippen molar-refractivity contribution in [3.63, 3.8) is 0 Å². The first-order valence-electron chi connectivity index (χ1n) is 14.4. The molecule has 0 radical (unpaired) electrons. The molecule has 0 aliphatic rings. The molecule has 12 nitrogen and oxygen atoms in total. The quantitative estimate of drug-likeness (QED) is 0.141. The first-order valence-corrected chi connectivity index (χ1v) is 14.4. The maximum atomic E-state index is 11.8. The number of pyridine rings is 3. The predicted octanol–water partition coefficient (Wildman–Crippen LogP) is 4.29. The van der Waals surface area contributed by atoms with E-state index < -0.39 is 0 Å². The molecular weight excluding hydrogens is 608 g/mol. The molecule has 0 bridgehead atoms. The number of amides is 3. The van der Waals surface area contributed by atoms with Gasteiger partial charge in [0.2, 0.25) is 0 Å². The third-order valence-electron chi connectivity index (χ3n) is 5.95. The summed E-state index contributed by atoms with van der Waals surface area (Å²) in [4.78, 5) is 47.4. The Kier molecular flexibility index (Phi) is 21.0. The van der Waals surface area contributed by atoms with Crippen LogP contribution in [-0.2, 0) is 17.1 Å². The van der Waals surface area contributed by atoms with E-state index in [0.717, 1.165) is 38.5 Å². The maximum Gasteiger partial charge on any atom is 0.257 e. The second kappa shape index (κ2) is 23.3. The van der Waals surface area contributed by atoms with Crippen molar-refractivity contribution >= 4 is 17.7 Å². The van der Waals surface area contributed by atoms with Crippen LogP contribution in [0.4, 0.5) is 0 Å². The Balaban J connectivity index is 0.000000624. The second-order valence-electron chi connectivity index (χ2n) is 9.48. The van der Waals surface area contributed by atoms with E-state index in [-0.39, 0.29) is 63.2 Å². The van der Waals surface area contributed by atoms with E-state index in [1.807, 2.05) is 0 Å². The molecule has 5 N–H and O–H groups in total. The Morgan fingerprint density at radius 2 is 1.02 bits per heavy atom. The fourth-order valence-electron chi connectivity index (χ4n) is 3.37. The number of hydrogen-bond donors (Lipinski definition) is 5. The zero-order chi connectivity index (χ0) is 32.0. The molecule has 0 saturated carbocycles. The first kappa shape index (κ1) is 39.8. The number of rotatable bonds is 12. The fraction of sp³-hybridized carbons (Fsp3) is 0.419. The van der Waals surface area contributed by atoms with Gasteiger partial charge in [-0.1, -0.05) is 40.0 Å². The van der Waals surface area contributed by atoms with Crippen LogP contribution in [0.25, 0.3) is 0 Å². The minimum Gasteiger partial charge on any atom is -0.505 e. The number of hydrogen-bond acceptors (Lipinski definition) is 9. The van der Waals surface area contributed by atoms with Gasteiger partial charge in [0.1, 0.15) is 17.2 Å². The van der Waals surface area contributed by atoms with E-state index in [1.165, 1.54) is 55.4 Å². The van der Waals surface area contributed by atoms with Crippen molar-refractivity contribution in [2.75, 3.05) is 26.7 Å². The number of carbonyl (C=O) groups is 3. The van der Waals surface area contributed by atoms with Crippen molar-refractivity contribution in [3.8, 4) is 17.2 Å². The van der Waals surface area contributed by atoms with Crippen molar-refractivity contribution in [1.82, 2.24) is 30.5 Å². The van der Waals surface area contributed by atoms with Gasteiger partial charge < -0.3 is 30.9 Å². The molecule has 0 aliphatic heterocycles. The predicted molar refractivity (Wildman–Crippen MR) is 164 cm³/mol. The molecule has 242 valence electrons. The summed E-state index contributed by atoms with van der Waals surface area (Å²) in [6, 6.07) is 4.52. The van der Waals surface area contributed by atoms with Crippen LogP contribution in [0.3, 0.4) is 0 Å². The molecule has 0 spiro atoms. The Labute approximate surface area is 269 Å². The van der Waals surface area contributed by atoms with Gasteiger partial charge in [0.05, 0.1) is 35.3 Å². The van der Waals surface area contributed by atoms with E-state index >= 15 is 0 Å². The van der Waals surface area contributed by atoms with Crippen molar-refractivity contribution in [3.05, 3.63) is 72.1 Å². The molecule has 3 aromatic rings. The minimum atomic E-state index is -0.252. The van der Waals surface area contributed by atoms with Crippen LogP contribution in [0.1, 0.15) is 90.4 Å². The topological polar surface area (TPSA) is 178 Å². The molecule has 13 heteroatoms. The number of unbranched alkanes of at least 4 members (excludes halogenated alkanes) is 3. The van der Waals surface area contributed by atoms with Gasteiger partial charge in [0.15, 0.2) is 0 Å². The van der Waals surface area contributed by atoms with E-state index in [4.69, 9.17) is 0 Å². The van der Waals surface area contributed by atoms with Crippen LogP contribution < -0.4 is 10.6 Å². The molecule has 0 aliphatic carbocycles. The van der Waals surface area contributed by atoms with Gasteiger partial charge in [-0.3, -0.25) is 29.3 Å². The minimum absolute atomic E-state index is 0. The summed E-state index contributed by atoms with van der Waals surface area (Å²) < 4.78 is 0. The summed E-state index contributed by atoms with van der Waals surface area (Å²) in [6.45, 7) is 8.15. The summed E-state index contributed by atoms with van der Waals surface area (Å²) in [5.41, 5.74) is 0.857. The molecular formula is C31H44FeN6O6. The molecule has 0 atom stereocenters. The third-order valence-corrected chi connectivity index (χ3v) is 5.95. The summed E-state index contributed by atoms with van der Waals surface area (Å²) in [5.74, 6) is -0.895. The maximum absolute atomic E-state index is 11.8. The number of nitrogens with zero attached hydrogens (tertiary/aromatic N) is 4. The summed E-state index contributed by atoms with van der Waals surface area (Å²) in [6.07, 6.45) is 14.2. The molecule has 0 saturated heterocycles. The zero-order valence-electron chi connectivity index (χ0n) is 25.8.